The van der Waals surface area contributed by atoms with Crippen LogP contribution in [0.3, 0.4) is 0 Å². The van der Waals surface area contributed by atoms with Crippen LogP contribution in [-0.4, -0.2) is 95.8 Å². The third-order valence-electron chi connectivity index (χ3n) is 8.87. The van der Waals surface area contributed by atoms with Gasteiger partial charge in [0.25, 0.3) is 5.91 Å². The minimum atomic E-state index is -1.13. The molecule has 5 rings (SSSR count). The number of nitrogens with one attached hydrogen (secondary N) is 3. The molecule has 0 bridgehead atoms. The van der Waals surface area contributed by atoms with E-state index in [2.05, 4.69) is 21.1 Å². The van der Waals surface area contributed by atoms with Crippen LogP contribution >= 0.6 is 0 Å². The first-order chi connectivity index (χ1) is 22.3. The lowest BCUT2D eigenvalue weighted by Crippen LogP contribution is -2.59. The normalized spacial score (nSPS) is 25.0. The predicted molar refractivity (Wildman–Crippen MR) is 167 cm³/mol. The third kappa shape index (κ3) is 8.27. The Labute approximate surface area is 273 Å². The molecule has 4 aliphatic rings. The maximum atomic E-state index is 14.4. The fraction of sp³-hybridized carbons (Fsp3) is 0.636. The van der Waals surface area contributed by atoms with E-state index in [1.165, 1.54) is 17.0 Å². The zero-order valence-electron chi connectivity index (χ0n) is 27.3. The van der Waals surface area contributed by atoms with Crippen molar-refractivity contribution in [2.24, 2.45) is 10.6 Å². The second-order valence-electron chi connectivity index (χ2n) is 14.0. The quantitative estimate of drug-likeness (QED) is 0.305. The van der Waals surface area contributed by atoms with E-state index in [4.69, 9.17) is 14.3 Å². The minimum Gasteiger partial charge on any atom is -0.444 e. The molecule has 3 heterocycles. The summed E-state index contributed by atoms with van der Waals surface area (Å²) in [6.45, 7) is 7.83. The Hall–Kier alpha value is -4.07. The van der Waals surface area contributed by atoms with Gasteiger partial charge in [-0.05, 0) is 36.8 Å². The first-order valence-corrected chi connectivity index (χ1v) is 16.3. The number of likely N-dealkylation sites (tertiary alicyclic amines) is 1. The molecule has 1 aromatic rings. The summed E-state index contributed by atoms with van der Waals surface area (Å²) in [5, 5.41) is 12.3. The van der Waals surface area contributed by atoms with Crippen molar-refractivity contribution in [3.05, 3.63) is 35.6 Å². The SMILES string of the molecule is CCC[C@H](NC(=O)[C@@H]1C[C@]2(CC(c3cccc(F)c3)=NO2)CN1C(=O)[C@@H](NC(=O)O[C@H]1CCOC1)C(C)(C)C)C(=O)C(=O)NC1CC1. The molecule has 4 amide bonds. The van der Waals surface area contributed by atoms with Crippen LogP contribution in [-0.2, 0) is 33.5 Å². The van der Waals surface area contributed by atoms with E-state index in [9.17, 15) is 28.4 Å². The van der Waals surface area contributed by atoms with Crippen LogP contribution in [0.2, 0.25) is 0 Å². The lowest BCUT2D eigenvalue weighted by molar-refractivity contribution is -0.144. The van der Waals surface area contributed by atoms with E-state index in [0.29, 0.717) is 30.7 Å². The first kappa shape index (κ1) is 34.3. The van der Waals surface area contributed by atoms with Crippen molar-refractivity contribution in [2.45, 2.75) is 109 Å². The molecule has 3 aliphatic heterocycles. The highest BCUT2D eigenvalue weighted by molar-refractivity contribution is 6.38. The number of nitrogens with zero attached hydrogens (tertiary/aromatic N) is 2. The van der Waals surface area contributed by atoms with Crippen LogP contribution in [0, 0.1) is 11.2 Å². The summed E-state index contributed by atoms with van der Waals surface area (Å²) in [5.74, 6) is -3.14. The van der Waals surface area contributed by atoms with Gasteiger partial charge in [-0.2, -0.15) is 0 Å². The molecule has 47 heavy (non-hydrogen) atoms. The molecule has 0 unspecified atom stereocenters. The molecule has 5 atom stereocenters. The second-order valence-corrected chi connectivity index (χ2v) is 14.0. The fourth-order valence-corrected chi connectivity index (χ4v) is 6.14. The zero-order chi connectivity index (χ0) is 33.9. The Balaban J connectivity index is 1.38. The van der Waals surface area contributed by atoms with Gasteiger partial charge in [-0.25, -0.2) is 9.18 Å². The Morgan fingerprint density at radius 1 is 1.15 bits per heavy atom. The number of oxime groups is 1. The smallest absolute Gasteiger partial charge is 0.408 e. The molecule has 3 N–H and O–H groups in total. The van der Waals surface area contributed by atoms with E-state index in [1.54, 1.807) is 32.9 Å². The Kier molecular flexibility index (Phi) is 10.2. The van der Waals surface area contributed by atoms with E-state index < -0.39 is 70.7 Å². The molecular formula is C33H44FN5O8. The van der Waals surface area contributed by atoms with Crippen molar-refractivity contribution in [3.8, 4) is 0 Å². The molecule has 14 heteroatoms. The maximum Gasteiger partial charge on any atom is 0.408 e. The predicted octanol–water partition coefficient (Wildman–Crippen LogP) is 2.35. The lowest BCUT2D eigenvalue weighted by atomic mass is 9.85. The van der Waals surface area contributed by atoms with Gasteiger partial charge in [-0.15, -0.1) is 0 Å². The minimum absolute atomic E-state index is 0.00885. The average molecular weight is 658 g/mol. The molecule has 2 saturated heterocycles. The Bertz CT molecular complexity index is 1420. The number of carbonyl (C=O) groups is 5. The number of rotatable bonds is 11. The molecule has 1 aliphatic carbocycles. The van der Waals surface area contributed by atoms with Gasteiger partial charge < -0.3 is 35.2 Å². The van der Waals surface area contributed by atoms with Crippen molar-refractivity contribution in [1.82, 2.24) is 20.9 Å². The number of Topliss-reactive ketones (excluding diaryl/α,β-unsaturated/α-hetero) is 1. The van der Waals surface area contributed by atoms with Gasteiger partial charge in [0.1, 0.15) is 24.0 Å². The molecule has 0 radical (unpaired) electrons. The Morgan fingerprint density at radius 3 is 2.55 bits per heavy atom. The second kappa shape index (κ2) is 14.0. The molecule has 13 nitrogen and oxygen atoms in total. The molecule has 256 valence electrons. The molecule has 1 saturated carbocycles. The van der Waals surface area contributed by atoms with Gasteiger partial charge in [0, 0.05) is 30.9 Å². The summed E-state index contributed by atoms with van der Waals surface area (Å²) >= 11 is 0. The average Bonchev–Trinajstić information content (AvgIpc) is 3.37. The largest absolute Gasteiger partial charge is 0.444 e. The highest BCUT2D eigenvalue weighted by Crippen LogP contribution is 2.40. The fourth-order valence-electron chi connectivity index (χ4n) is 6.14. The molecule has 1 aromatic carbocycles. The van der Waals surface area contributed by atoms with Gasteiger partial charge in [-0.1, -0.05) is 51.4 Å². The van der Waals surface area contributed by atoms with E-state index >= 15 is 0 Å². The highest BCUT2D eigenvalue weighted by atomic mass is 19.1. The summed E-state index contributed by atoms with van der Waals surface area (Å²) in [4.78, 5) is 74.3. The monoisotopic (exact) mass is 657 g/mol. The molecular weight excluding hydrogens is 613 g/mol. The number of hydrogen-bond donors (Lipinski definition) is 3. The zero-order valence-corrected chi connectivity index (χ0v) is 27.3. The first-order valence-electron chi connectivity index (χ1n) is 16.3. The number of carbonyl (C=O) groups excluding carboxylic acids is 5. The van der Waals surface area contributed by atoms with E-state index in [-0.39, 0.29) is 38.5 Å². The number of halogens is 1. The van der Waals surface area contributed by atoms with Gasteiger partial charge in [0.05, 0.1) is 31.5 Å². The lowest BCUT2D eigenvalue weighted by Gasteiger charge is -2.35. The number of ether oxygens (including phenoxy) is 2. The van der Waals surface area contributed by atoms with Crippen LogP contribution in [0.25, 0.3) is 0 Å². The summed E-state index contributed by atoms with van der Waals surface area (Å²) in [6.07, 6.45) is 1.86. The standard InChI is InChI=1S/C33H44FN5O8/c1-5-7-23(26(40)29(42)35-21-10-11-21)36-28(41)25-16-33(15-24(38-47-33)19-8-6-9-20(34)14-19)18-39(25)30(43)27(32(2,3)4)37-31(44)46-22-12-13-45-17-22/h6,8-9,14,21-23,25,27H,5,7,10-13,15-18H2,1-4H3,(H,35,42)(H,36,41)(H,37,44)/t22-,23-,25-,27+,33+/m0/s1. The number of alkyl carbamates (subject to hydrolysis) is 1. The van der Waals surface area contributed by atoms with Gasteiger partial charge in [0.15, 0.2) is 5.60 Å². The Morgan fingerprint density at radius 2 is 1.91 bits per heavy atom. The van der Waals surface area contributed by atoms with Crippen molar-refractivity contribution >= 4 is 35.3 Å². The van der Waals surface area contributed by atoms with Crippen LogP contribution in [0.1, 0.15) is 78.2 Å². The molecule has 0 aromatic heterocycles. The van der Waals surface area contributed by atoms with Crippen LogP contribution in [0.4, 0.5) is 9.18 Å². The van der Waals surface area contributed by atoms with Gasteiger partial charge >= 0.3 is 6.09 Å². The summed E-state index contributed by atoms with van der Waals surface area (Å²) in [7, 11) is 0. The van der Waals surface area contributed by atoms with E-state index in [1.807, 2.05) is 6.92 Å². The number of benzene rings is 1. The van der Waals surface area contributed by atoms with Crippen molar-refractivity contribution < 1.29 is 42.7 Å². The topological polar surface area (TPSA) is 165 Å². The number of ketones is 1. The summed E-state index contributed by atoms with van der Waals surface area (Å²) in [6, 6.07) is 2.53. The maximum absolute atomic E-state index is 14.4. The van der Waals surface area contributed by atoms with Crippen LogP contribution < -0.4 is 16.0 Å². The molecule has 1 spiro atoms. The van der Waals surface area contributed by atoms with Crippen LogP contribution in [0.15, 0.2) is 29.4 Å². The number of amides is 4. The van der Waals surface area contributed by atoms with Gasteiger partial charge in [-0.3, -0.25) is 19.2 Å². The summed E-state index contributed by atoms with van der Waals surface area (Å²) in [5.41, 5.74) is -0.963. The van der Waals surface area contributed by atoms with Crippen LogP contribution in [0.5, 0.6) is 0 Å². The van der Waals surface area contributed by atoms with E-state index in [0.717, 1.165) is 12.8 Å². The highest BCUT2D eigenvalue weighted by Gasteiger charge is 2.56. The van der Waals surface area contributed by atoms with Crippen molar-refractivity contribution in [1.29, 1.82) is 0 Å². The summed E-state index contributed by atoms with van der Waals surface area (Å²) < 4.78 is 24.8. The third-order valence-corrected chi connectivity index (χ3v) is 8.87. The molecule has 3 fully saturated rings. The van der Waals surface area contributed by atoms with Crippen molar-refractivity contribution in [3.63, 3.8) is 0 Å². The van der Waals surface area contributed by atoms with Crippen molar-refractivity contribution in [2.75, 3.05) is 19.8 Å². The van der Waals surface area contributed by atoms with Gasteiger partial charge in [0.2, 0.25) is 17.6 Å². The number of hydrogen-bond acceptors (Lipinski definition) is 9.